The molecule has 14 heteroatoms. The quantitative estimate of drug-likeness (QED) is 0.432. The van der Waals surface area contributed by atoms with Crippen molar-refractivity contribution in [2.24, 2.45) is 0 Å². The molecule has 0 unspecified atom stereocenters. The fraction of sp³-hybridized carbons (Fsp3) is 0.385. The molecule has 1 fully saturated rings. The van der Waals surface area contributed by atoms with Gasteiger partial charge in [0.25, 0.3) is 11.5 Å². The molecule has 1 aliphatic heterocycles. The van der Waals surface area contributed by atoms with Crippen molar-refractivity contribution in [3.8, 4) is 6.07 Å². The number of hydrogen-bond acceptors (Lipinski definition) is 7. The van der Waals surface area contributed by atoms with Crippen molar-refractivity contribution in [3.05, 3.63) is 50.0 Å². The molecular weight excluding hydrogens is 547 g/mol. The first kappa shape index (κ1) is 28.9. The standard InChI is InChI=1S/C26H28F3N7O3S/c1-3-36-24(39)21(40-25(36)19(13-30)23(38)32-16-26(27,28)29)14-31-18-4-5-20-17(12-18)6-7-35(20)15-22(37)34-10-8-33(2)9-11-34/h4-7,12,14,31H,3,8-11,15-16H2,1-2H3,(H,32,38)/b21-14-,25-19+. The second kappa shape index (κ2) is 12.0. The molecule has 1 aromatic carbocycles. The Morgan fingerprint density at radius 3 is 2.55 bits per heavy atom. The van der Waals surface area contributed by atoms with E-state index in [1.807, 2.05) is 40.9 Å². The molecule has 2 N–H and O–H groups in total. The smallest absolute Gasteiger partial charge is 0.360 e. The van der Waals surface area contributed by atoms with Gasteiger partial charge in [0, 0.05) is 61.7 Å². The summed E-state index contributed by atoms with van der Waals surface area (Å²) >= 11 is 0.834. The molecule has 1 saturated heterocycles. The minimum Gasteiger partial charge on any atom is -0.360 e. The number of carbonyl (C=O) groups excluding carboxylic acids is 2. The number of hydrogen-bond donors (Lipinski definition) is 2. The van der Waals surface area contributed by atoms with Gasteiger partial charge in [-0.1, -0.05) is 0 Å². The number of likely N-dealkylation sites (N-methyl/N-ethyl adjacent to an activating group) is 1. The van der Waals surface area contributed by atoms with Crippen LogP contribution < -0.4 is 25.4 Å². The third-order valence-electron chi connectivity index (χ3n) is 6.53. The monoisotopic (exact) mass is 575 g/mol. The van der Waals surface area contributed by atoms with E-state index in [9.17, 15) is 32.8 Å². The molecule has 0 atom stereocenters. The molecule has 3 heterocycles. The lowest BCUT2D eigenvalue weighted by Crippen LogP contribution is -2.48. The van der Waals surface area contributed by atoms with Crippen LogP contribution in [0.5, 0.6) is 0 Å². The number of fused-ring (bicyclic) bond motifs is 1. The van der Waals surface area contributed by atoms with Crippen LogP contribution in [0.15, 0.2) is 35.3 Å². The summed E-state index contributed by atoms with van der Waals surface area (Å²) in [5.41, 5.74) is 0.473. The predicted molar refractivity (Wildman–Crippen MR) is 146 cm³/mol. The van der Waals surface area contributed by atoms with Crippen LogP contribution in [0.3, 0.4) is 0 Å². The molecule has 212 valence electrons. The Morgan fingerprint density at radius 1 is 1.18 bits per heavy atom. The Balaban J connectivity index is 1.55. The molecule has 40 heavy (non-hydrogen) atoms. The van der Waals surface area contributed by atoms with Crippen molar-refractivity contribution in [2.45, 2.75) is 26.2 Å². The van der Waals surface area contributed by atoms with E-state index < -0.39 is 29.8 Å². The summed E-state index contributed by atoms with van der Waals surface area (Å²) in [6, 6.07) is 9.02. The Kier molecular flexibility index (Phi) is 8.65. The Morgan fingerprint density at radius 2 is 1.90 bits per heavy atom. The molecule has 0 aliphatic carbocycles. The highest BCUT2D eigenvalue weighted by Gasteiger charge is 2.29. The van der Waals surface area contributed by atoms with Gasteiger partial charge in [-0.15, -0.1) is 11.3 Å². The van der Waals surface area contributed by atoms with Crippen molar-refractivity contribution < 1.29 is 22.8 Å². The summed E-state index contributed by atoms with van der Waals surface area (Å²) in [4.78, 5) is 42.0. The maximum atomic E-state index is 12.9. The first-order chi connectivity index (χ1) is 19.0. The fourth-order valence-electron chi connectivity index (χ4n) is 4.34. The van der Waals surface area contributed by atoms with Crippen molar-refractivity contribution in [1.82, 2.24) is 24.3 Å². The number of nitrogens with zero attached hydrogens (tertiary/aromatic N) is 5. The largest absolute Gasteiger partial charge is 0.405 e. The molecule has 2 amide bonds. The van der Waals surface area contributed by atoms with Crippen LogP contribution >= 0.6 is 11.3 Å². The van der Waals surface area contributed by atoms with Crippen LogP contribution in [0.4, 0.5) is 18.9 Å². The number of piperazine rings is 1. The summed E-state index contributed by atoms with van der Waals surface area (Å²) in [7, 11) is 2.03. The summed E-state index contributed by atoms with van der Waals surface area (Å²) in [6.45, 7) is 3.48. The molecule has 10 nitrogen and oxygen atoms in total. The Bertz CT molecular complexity index is 1640. The second-order valence-electron chi connectivity index (χ2n) is 9.30. The lowest BCUT2D eigenvalue weighted by molar-refractivity contribution is -0.135. The van der Waals surface area contributed by atoms with E-state index in [2.05, 4.69) is 10.2 Å². The van der Waals surface area contributed by atoms with Gasteiger partial charge in [0.1, 0.15) is 28.4 Å². The molecule has 0 radical (unpaired) electrons. The van der Waals surface area contributed by atoms with Gasteiger partial charge in [-0.2, -0.15) is 18.4 Å². The number of anilines is 1. The first-order valence-corrected chi connectivity index (χ1v) is 13.3. The summed E-state index contributed by atoms with van der Waals surface area (Å²) in [6.07, 6.45) is -1.36. The number of alkyl halides is 3. The predicted octanol–water partition coefficient (Wildman–Crippen LogP) is 0.861. The van der Waals surface area contributed by atoms with Crippen LogP contribution in [-0.2, 0) is 22.7 Å². The topological polar surface area (TPSA) is 115 Å². The highest BCUT2D eigenvalue weighted by molar-refractivity contribution is 7.07. The highest BCUT2D eigenvalue weighted by Crippen LogP contribution is 2.21. The molecular formula is C26H28F3N7O3S. The number of amides is 2. The van der Waals surface area contributed by atoms with Crippen LogP contribution in [0.2, 0.25) is 0 Å². The van der Waals surface area contributed by atoms with E-state index in [1.165, 1.54) is 10.8 Å². The van der Waals surface area contributed by atoms with Crippen molar-refractivity contribution >= 4 is 51.5 Å². The zero-order valence-corrected chi connectivity index (χ0v) is 22.7. The van der Waals surface area contributed by atoms with Crippen molar-refractivity contribution in [2.75, 3.05) is 45.1 Å². The van der Waals surface area contributed by atoms with E-state index in [1.54, 1.807) is 24.4 Å². The van der Waals surface area contributed by atoms with Crippen LogP contribution in [0.1, 0.15) is 6.92 Å². The molecule has 4 rings (SSSR count). The maximum Gasteiger partial charge on any atom is 0.405 e. The maximum absolute atomic E-state index is 12.9. The zero-order chi connectivity index (χ0) is 29.0. The number of nitrogens with one attached hydrogen (secondary N) is 2. The number of halogens is 3. The van der Waals surface area contributed by atoms with E-state index in [4.69, 9.17) is 0 Å². The zero-order valence-electron chi connectivity index (χ0n) is 21.9. The van der Waals surface area contributed by atoms with Gasteiger partial charge < -0.3 is 25.0 Å². The van der Waals surface area contributed by atoms with Crippen molar-refractivity contribution in [1.29, 1.82) is 5.26 Å². The van der Waals surface area contributed by atoms with Gasteiger partial charge in [-0.05, 0) is 38.2 Å². The molecule has 2 aromatic heterocycles. The number of rotatable bonds is 7. The highest BCUT2D eigenvalue weighted by atomic mass is 32.1. The molecule has 0 bridgehead atoms. The average molecular weight is 576 g/mol. The van der Waals surface area contributed by atoms with Gasteiger partial charge in [0.2, 0.25) is 5.91 Å². The number of benzene rings is 1. The summed E-state index contributed by atoms with van der Waals surface area (Å²) in [5, 5.41) is 15.0. The third kappa shape index (κ3) is 6.54. The van der Waals surface area contributed by atoms with E-state index in [0.717, 1.165) is 35.3 Å². The van der Waals surface area contributed by atoms with Gasteiger partial charge >= 0.3 is 6.18 Å². The second-order valence-corrected chi connectivity index (χ2v) is 10.3. The lowest BCUT2D eigenvalue weighted by atomic mass is 10.2. The van der Waals surface area contributed by atoms with Crippen LogP contribution in [0.25, 0.3) is 22.7 Å². The molecule has 0 spiro atoms. The van der Waals surface area contributed by atoms with E-state index in [0.29, 0.717) is 18.8 Å². The lowest BCUT2D eigenvalue weighted by Gasteiger charge is -2.32. The number of thiazole rings is 1. The van der Waals surface area contributed by atoms with E-state index >= 15 is 0 Å². The number of aromatic nitrogens is 2. The Labute approximate surface area is 231 Å². The first-order valence-electron chi connectivity index (χ1n) is 12.5. The SMILES string of the molecule is CCn1c(=O)/c(=C/Nc2ccc3c(ccn3CC(=O)N3CCN(C)CC3)c2)s/c1=C(\C#N)C(=O)NCC(F)(F)F. The van der Waals surface area contributed by atoms with E-state index in [-0.39, 0.29) is 28.2 Å². The normalized spacial score (nSPS) is 15.7. The van der Waals surface area contributed by atoms with Gasteiger partial charge in [-0.3, -0.25) is 19.0 Å². The minimum absolute atomic E-state index is 0.0275. The minimum atomic E-state index is -4.64. The van der Waals surface area contributed by atoms with Gasteiger partial charge in [0.15, 0.2) is 5.57 Å². The van der Waals surface area contributed by atoms with Crippen LogP contribution in [-0.4, -0.2) is 76.7 Å². The number of carbonyl (C=O) groups is 2. The Hall–Kier alpha value is -4.09. The van der Waals surface area contributed by atoms with Gasteiger partial charge in [-0.25, -0.2) is 0 Å². The van der Waals surface area contributed by atoms with Crippen molar-refractivity contribution in [3.63, 3.8) is 0 Å². The summed E-state index contributed by atoms with van der Waals surface area (Å²) < 4.78 is 40.7. The van der Waals surface area contributed by atoms with Crippen LogP contribution in [0, 0.1) is 11.3 Å². The summed E-state index contributed by atoms with van der Waals surface area (Å²) in [5.74, 6) is -1.15. The third-order valence-corrected chi connectivity index (χ3v) is 7.66. The van der Waals surface area contributed by atoms with Gasteiger partial charge in [0.05, 0.1) is 0 Å². The molecule has 3 aromatic rings. The molecule has 0 saturated carbocycles. The number of nitriles is 1. The molecule has 1 aliphatic rings. The average Bonchev–Trinajstić information content (AvgIpc) is 3.46. The fourth-order valence-corrected chi connectivity index (χ4v) is 5.42.